The number of phenols is 1. The number of hydrogen-bond donors (Lipinski definition) is 4. The largest absolute Gasteiger partial charge is 0.507 e. The monoisotopic (exact) mass is 661 g/mol. The van der Waals surface area contributed by atoms with Gasteiger partial charge in [-0.3, -0.25) is 19.3 Å². The average Bonchev–Trinajstić information content (AvgIpc) is 3.06. The van der Waals surface area contributed by atoms with Crippen LogP contribution in [0.4, 0.5) is 11.4 Å². The zero-order chi connectivity index (χ0) is 35.0. The van der Waals surface area contributed by atoms with E-state index in [2.05, 4.69) is 5.32 Å². The number of amides is 3. The van der Waals surface area contributed by atoms with E-state index in [-0.39, 0.29) is 71.9 Å². The lowest BCUT2D eigenvalue weighted by molar-refractivity contribution is -0.148. The van der Waals surface area contributed by atoms with Crippen molar-refractivity contribution in [3.8, 4) is 11.5 Å². The number of carboxylic acids is 2. The maximum atomic E-state index is 13.4. The highest BCUT2D eigenvalue weighted by molar-refractivity contribution is 6.39. The van der Waals surface area contributed by atoms with Crippen molar-refractivity contribution in [1.82, 2.24) is 10.2 Å². The Labute approximate surface area is 275 Å². The number of carbonyl (C=O) groups excluding carboxylic acids is 4. The van der Waals surface area contributed by atoms with Crippen LogP contribution in [0.1, 0.15) is 51.6 Å². The molecule has 1 heterocycles. The van der Waals surface area contributed by atoms with Crippen LogP contribution in [-0.4, -0.2) is 88.7 Å². The molecule has 0 bridgehead atoms. The molecule has 0 radical (unpaired) electrons. The van der Waals surface area contributed by atoms with E-state index >= 15 is 0 Å². The Morgan fingerprint density at radius 2 is 1.73 bits per heavy atom. The molecule has 1 aliphatic rings. The number of aryl methyl sites for hydroxylation is 1. The Hall–Kier alpha value is -5.92. The molecule has 4 rings (SSSR count). The highest BCUT2D eigenvalue weighted by atomic mass is 16.5. The van der Waals surface area contributed by atoms with E-state index in [0.717, 1.165) is 4.90 Å². The summed E-state index contributed by atoms with van der Waals surface area (Å²) in [5.41, 5.74) is 0.875. The number of carbonyl (C=O) groups is 6. The molecule has 3 aromatic rings. The van der Waals surface area contributed by atoms with E-state index in [9.17, 15) is 44.1 Å². The molecule has 0 spiro atoms. The third-order valence-corrected chi connectivity index (χ3v) is 7.72. The summed E-state index contributed by atoms with van der Waals surface area (Å²) in [4.78, 5) is 76.8. The Morgan fingerprint density at radius 3 is 2.42 bits per heavy atom. The molecule has 3 amide bonds. The minimum absolute atomic E-state index is 0.0868. The van der Waals surface area contributed by atoms with Gasteiger partial charge in [0.05, 0.1) is 37.2 Å². The Kier molecular flexibility index (Phi) is 11.3. The van der Waals surface area contributed by atoms with Gasteiger partial charge in [-0.05, 0) is 60.7 Å². The van der Waals surface area contributed by atoms with Crippen molar-refractivity contribution in [2.45, 2.75) is 38.6 Å². The molecule has 1 fully saturated rings. The second-order valence-corrected chi connectivity index (χ2v) is 10.9. The number of hydrogen-bond acceptors (Lipinski definition) is 9. The maximum absolute atomic E-state index is 13.4. The zero-order valence-electron chi connectivity index (χ0n) is 26.3. The quantitative estimate of drug-likeness (QED) is 0.119. The fraction of sp³-hybridized carbons (Fsp3) is 0.294. The molecule has 3 aromatic carbocycles. The van der Waals surface area contributed by atoms with Crippen LogP contribution in [0, 0.1) is 0 Å². The number of aromatic hydroxyl groups is 1. The van der Waals surface area contributed by atoms with Crippen molar-refractivity contribution in [2.24, 2.45) is 0 Å². The number of phenolic OH excluding ortho intramolecular Hbond substituents is 1. The number of piperazine rings is 1. The average molecular weight is 662 g/mol. The van der Waals surface area contributed by atoms with Crippen molar-refractivity contribution >= 4 is 47.0 Å². The first kappa shape index (κ1) is 34.9. The molecular formula is C34H35N3O11. The SMILES string of the molecule is CCc1cc(CC2NC(=O)CN(CCCCOc3cccc(O)c3C(=O)OC)C2=O)ccc1N(C(=O)C(=O)O)c1ccccc1C(=O)O. The number of methoxy groups -OCH3 is 1. The minimum Gasteiger partial charge on any atom is -0.507 e. The first-order valence-corrected chi connectivity index (χ1v) is 15.1. The van der Waals surface area contributed by atoms with Gasteiger partial charge in [0, 0.05) is 13.0 Å². The lowest BCUT2D eigenvalue weighted by Crippen LogP contribution is -2.58. The summed E-state index contributed by atoms with van der Waals surface area (Å²) in [5, 5.41) is 32.0. The fourth-order valence-corrected chi connectivity index (χ4v) is 5.43. The summed E-state index contributed by atoms with van der Waals surface area (Å²) >= 11 is 0. The van der Waals surface area contributed by atoms with E-state index < -0.39 is 29.9 Å². The van der Waals surface area contributed by atoms with E-state index in [0.29, 0.717) is 30.4 Å². The summed E-state index contributed by atoms with van der Waals surface area (Å²) in [7, 11) is 1.19. The summed E-state index contributed by atoms with van der Waals surface area (Å²) < 4.78 is 10.4. The molecule has 14 heteroatoms. The zero-order valence-corrected chi connectivity index (χ0v) is 26.3. The summed E-state index contributed by atoms with van der Waals surface area (Å²) in [6, 6.07) is 13.9. The number of unbranched alkanes of at least 4 members (excludes halogenated alkanes) is 1. The lowest BCUT2D eigenvalue weighted by atomic mass is 9.98. The van der Waals surface area contributed by atoms with Gasteiger partial charge in [-0.1, -0.05) is 37.3 Å². The van der Waals surface area contributed by atoms with Crippen molar-refractivity contribution < 1.29 is 53.6 Å². The molecule has 1 saturated heterocycles. The van der Waals surface area contributed by atoms with E-state index in [4.69, 9.17) is 9.47 Å². The molecule has 252 valence electrons. The predicted octanol–water partition coefficient (Wildman–Crippen LogP) is 2.92. The third-order valence-electron chi connectivity index (χ3n) is 7.72. The van der Waals surface area contributed by atoms with Crippen molar-refractivity contribution in [1.29, 1.82) is 0 Å². The summed E-state index contributed by atoms with van der Waals surface area (Å²) in [6.07, 6.45) is 1.41. The van der Waals surface area contributed by atoms with Crippen molar-refractivity contribution in [3.05, 3.63) is 82.9 Å². The highest BCUT2D eigenvalue weighted by Gasteiger charge is 2.33. The van der Waals surface area contributed by atoms with Gasteiger partial charge in [0.25, 0.3) is 0 Å². The number of para-hydroxylation sites is 1. The molecule has 1 aliphatic heterocycles. The molecule has 4 N–H and O–H groups in total. The number of aromatic carboxylic acids is 1. The maximum Gasteiger partial charge on any atom is 0.395 e. The van der Waals surface area contributed by atoms with Crippen LogP contribution in [0.25, 0.3) is 0 Å². The Bertz CT molecular complexity index is 1740. The number of carboxylic acid groups (broad SMARTS) is 2. The van der Waals surface area contributed by atoms with E-state index in [1.807, 2.05) is 0 Å². The van der Waals surface area contributed by atoms with Crippen LogP contribution in [0.2, 0.25) is 0 Å². The Balaban J connectivity index is 1.45. The van der Waals surface area contributed by atoms with Gasteiger partial charge in [0.15, 0.2) is 0 Å². The van der Waals surface area contributed by atoms with Crippen LogP contribution in [0.3, 0.4) is 0 Å². The topological polar surface area (TPSA) is 200 Å². The van der Waals surface area contributed by atoms with Gasteiger partial charge >= 0.3 is 23.8 Å². The summed E-state index contributed by atoms with van der Waals surface area (Å²) in [6.45, 7) is 2.11. The van der Waals surface area contributed by atoms with Gasteiger partial charge in [-0.15, -0.1) is 0 Å². The van der Waals surface area contributed by atoms with Crippen LogP contribution in [0.15, 0.2) is 60.7 Å². The van der Waals surface area contributed by atoms with Gasteiger partial charge < -0.3 is 35.0 Å². The lowest BCUT2D eigenvalue weighted by Gasteiger charge is -2.33. The third kappa shape index (κ3) is 7.89. The predicted molar refractivity (Wildman–Crippen MR) is 170 cm³/mol. The van der Waals surface area contributed by atoms with Crippen LogP contribution in [-0.2, 0) is 36.8 Å². The second-order valence-electron chi connectivity index (χ2n) is 10.9. The number of esters is 1. The van der Waals surface area contributed by atoms with Crippen LogP contribution < -0.4 is 15.0 Å². The standard InChI is InChI=1S/C34H35N3O11/c1-3-21-17-20(13-14-24(21)37(31(41)33(44)45)25-10-5-4-9-22(25)32(42)43)18-23-30(40)36(19-28(39)35-23)15-6-7-16-48-27-12-8-11-26(38)29(27)34(46)47-2/h4-5,8-14,17,23,38H,3,6-7,15-16,18-19H2,1-2H3,(H,35,39)(H,42,43)(H,44,45). The van der Waals surface area contributed by atoms with E-state index in [1.54, 1.807) is 19.1 Å². The fourth-order valence-electron chi connectivity index (χ4n) is 5.43. The molecular weight excluding hydrogens is 626 g/mol. The number of rotatable bonds is 13. The number of nitrogens with one attached hydrogen (secondary N) is 1. The van der Waals surface area contributed by atoms with Gasteiger partial charge in [0.1, 0.15) is 23.1 Å². The number of ether oxygens (including phenoxy) is 2. The van der Waals surface area contributed by atoms with Crippen molar-refractivity contribution in [3.63, 3.8) is 0 Å². The number of nitrogens with zero attached hydrogens (tertiary/aromatic N) is 2. The highest BCUT2D eigenvalue weighted by Crippen LogP contribution is 2.33. The Morgan fingerprint density at radius 1 is 0.979 bits per heavy atom. The molecule has 0 saturated carbocycles. The van der Waals surface area contributed by atoms with Crippen molar-refractivity contribution in [2.75, 3.05) is 31.7 Å². The molecule has 0 aliphatic carbocycles. The minimum atomic E-state index is -1.77. The number of anilines is 2. The normalized spacial score (nSPS) is 14.2. The number of aliphatic carboxylic acids is 1. The molecule has 1 unspecified atom stereocenters. The summed E-state index contributed by atoms with van der Waals surface area (Å²) in [5.74, 6) is -5.93. The van der Waals surface area contributed by atoms with Gasteiger partial charge in [-0.2, -0.15) is 0 Å². The molecule has 14 nitrogen and oxygen atoms in total. The van der Waals surface area contributed by atoms with Gasteiger partial charge in [-0.25, -0.2) is 14.4 Å². The van der Waals surface area contributed by atoms with Gasteiger partial charge in [0.2, 0.25) is 11.8 Å². The smallest absolute Gasteiger partial charge is 0.395 e. The second kappa shape index (κ2) is 15.6. The van der Waals surface area contributed by atoms with Crippen LogP contribution >= 0.6 is 0 Å². The first-order chi connectivity index (χ1) is 23.0. The molecule has 48 heavy (non-hydrogen) atoms. The molecule has 1 atom stereocenters. The van der Waals surface area contributed by atoms with Crippen LogP contribution in [0.5, 0.6) is 11.5 Å². The molecule has 0 aromatic heterocycles. The number of benzene rings is 3. The first-order valence-electron chi connectivity index (χ1n) is 15.1. The van der Waals surface area contributed by atoms with E-state index in [1.165, 1.54) is 60.5 Å².